The van der Waals surface area contributed by atoms with E-state index in [0.717, 1.165) is 11.1 Å². The highest BCUT2D eigenvalue weighted by molar-refractivity contribution is 5.97. The molecule has 0 aliphatic heterocycles. The van der Waals surface area contributed by atoms with E-state index in [1.165, 1.54) is 13.8 Å². The van der Waals surface area contributed by atoms with Gasteiger partial charge in [-0.25, -0.2) is 0 Å². The van der Waals surface area contributed by atoms with Crippen molar-refractivity contribution in [1.82, 2.24) is 5.32 Å². The van der Waals surface area contributed by atoms with E-state index in [2.05, 4.69) is 16.0 Å². The van der Waals surface area contributed by atoms with Crippen LogP contribution >= 0.6 is 0 Å². The summed E-state index contributed by atoms with van der Waals surface area (Å²) in [5, 5.41) is 7.71. The second-order valence-corrected chi connectivity index (χ2v) is 6.86. The zero-order valence-corrected chi connectivity index (χ0v) is 17.4. The molecule has 2 aromatic carbocycles. The van der Waals surface area contributed by atoms with E-state index < -0.39 is 23.9 Å². The van der Waals surface area contributed by atoms with Crippen LogP contribution in [0.25, 0.3) is 0 Å². The quantitative estimate of drug-likeness (QED) is 0.606. The summed E-state index contributed by atoms with van der Waals surface area (Å²) in [5.41, 5.74) is 3.56. The largest absolute Gasteiger partial charge is 0.451 e. The molecule has 2 rings (SSSR count). The second kappa shape index (κ2) is 10.2. The molecule has 1 atom stereocenters. The Hall–Kier alpha value is -3.68. The first kappa shape index (κ1) is 22.6. The number of carbonyl (C=O) groups excluding carboxylic acids is 4. The first-order chi connectivity index (χ1) is 14.2. The molecule has 0 saturated heterocycles. The summed E-state index contributed by atoms with van der Waals surface area (Å²) in [4.78, 5) is 47.3. The summed E-state index contributed by atoms with van der Waals surface area (Å²) in [7, 11) is 0. The maximum absolute atomic E-state index is 12.2. The SMILES string of the molecule is CC(=O)Nc1ccc(NC(=O)[C@@H](C)OC(=O)CNC(=O)c2ccc(C)c(C)c2)cc1. The number of hydrogen-bond acceptors (Lipinski definition) is 5. The van der Waals surface area contributed by atoms with Gasteiger partial charge in [-0.2, -0.15) is 0 Å². The smallest absolute Gasteiger partial charge is 0.326 e. The lowest BCUT2D eigenvalue weighted by atomic mass is 10.1. The lowest BCUT2D eigenvalue weighted by Crippen LogP contribution is -2.35. The van der Waals surface area contributed by atoms with E-state index >= 15 is 0 Å². The molecule has 0 aromatic heterocycles. The Bertz CT molecular complexity index is 954. The van der Waals surface area contributed by atoms with Gasteiger partial charge in [-0.3, -0.25) is 19.2 Å². The van der Waals surface area contributed by atoms with Crippen molar-refractivity contribution in [2.75, 3.05) is 17.2 Å². The van der Waals surface area contributed by atoms with Gasteiger partial charge in [-0.1, -0.05) is 6.07 Å². The van der Waals surface area contributed by atoms with Crippen LogP contribution in [0.2, 0.25) is 0 Å². The molecule has 30 heavy (non-hydrogen) atoms. The van der Waals surface area contributed by atoms with E-state index in [1.54, 1.807) is 36.4 Å². The molecule has 0 aliphatic rings. The van der Waals surface area contributed by atoms with Crippen LogP contribution in [0.3, 0.4) is 0 Å². The van der Waals surface area contributed by atoms with Gasteiger partial charge in [-0.05, 0) is 68.3 Å². The van der Waals surface area contributed by atoms with Crippen molar-refractivity contribution in [3.8, 4) is 0 Å². The number of nitrogens with one attached hydrogen (secondary N) is 3. The van der Waals surface area contributed by atoms with Gasteiger partial charge < -0.3 is 20.7 Å². The number of aryl methyl sites for hydroxylation is 2. The molecule has 0 bridgehead atoms. The standard InChI is InChI=1S/C22H25N3O5/c1-13-5-6-17(11-14(13)2)22(29)23-12-20(27)30-15(3)21(28)25-19-9-7-18(8-10-19)24-16(4)26/h5-11,15H,12H2,1-4H3,(H,23,29)(H,24,26)(H,25,28)/t15-/m1/s1. The molecule has 0 aliphatic carbocycles. The predicted molar refractivity (Wildman–Crippen MR) is 113 cm³/mol. The Morgan fingerprint density at radius 2 is 1.50 bits per heavy atom. The predicted octanol–water partition coefficient (Wildman–Crippen LogP) is 2.56. The summed E-state index contributed by atoms with van der Waals surface area (Å²) >= 11 is 0. The van der Waals surface area contributed by atoms with Crippen LogP contribution in [0.5, 0.6) is 0 Å². The van der Waals surface area contributed by atoms with Gasteiger partial charge in [-0.15, -0.1) is 0 Å². The second-order valence-electron chi connectivity index (χ2n) is 6.86. The van der Waals surface area contributed by atoms with Crippen molar-refractivity contribution in [3.63, 3.8) is 0 Å². The first-order valence-corrected chi connectivity index (χ1v) is 9.39. The molecule has 3 N–H and O–H groups in total. The van der Waals surface area contributed by atoms with Crippen molar-refractivity contribution in [1.29, 1.82) is 0 Å². The van der Waals surface area contributed by atoms with Gasteiger partial charge in [0.15, 0.2) is 6.10 Å². The average molecular weight is 411 g/mol. The van der Waals surface area contributed by atoms with Crippen molar-refractivity contribution >= 4 is 35.1 Å². The third kappa shape index (κ3) is 6.73. The fourth-order valence-corrected chi connectivity index (χ4v) is 2.51. The van der Waals surface area contributed by atoms with Gasteiger partial charge >= 0.3 is 5.97 Å². The summed E-state index contributed by atoms with van der Waals surface area (Å²) in [6, 6.07) is 11.7. The van der Waals surface area contributed by atoms with Gasteiger partial charge in [0.2, 0.25) is 5.91 Å². The highest BCUT2D eigenvalue weighted by Crippen LogP contribution is 2.14. The highest BCUT2D eigenvalue weighted by Gasteiger charge is 2.18. The van der Waals surface area contributed by atoms with E-state index in [-0.39, 0.29) is 12.5 Å². The number of rotatable bonds is 7. The zero-order valence-electron chi connectivity index (χ0n) is 17.4. The zero-order chi connectivity index (χ0) is 22.3. The van der Waals surface area contributed by atoms with E-state index in [1.807, 2.05) is 19.9 Å². The number of hydrogen-bond donors (Lipinski definition) is 3. The summed E-state index contributed by atoms with van der Waals surface area (Å²) in [6.45, 7) is 6.32. The Morgan fingerprint density at radius 1 is 0.900 bits per heavy atom. The van der Waals surface area contributed by atoms with Crippen LogP contribution in [-0.4, -0.2) is 36.3 Å². The van der Waals surface area contributed by atoms with Gasteiger partial charge in [0, 0.05) is 23.9 Å². The molecule has 0 unspecified atom stereocenters. The molecule has 0 saturated carbocycles. The molecule has 2 aromatic rings. The van der Waals surface area contributed by atoms with Crippen LogP contribution in [0.15, 0.2) is 42.5 Å². The number of amides is 3. The third-order valence-corrected chi connectivity index (χ3v) is 4.31. The van der Waals surface area contributed by atoms with Crippen LogP contribution in [-0.2, 0) is 19.1 Å². The first-order valence-electron chi connectivity index (χ1n) is 9.39. The van der Waals surface area contributed by atoms with Gasteiger partial charge in [0.05, 0.1) is 0 Å². The van der Waals surface area contributed by atoms with Crippen LogP contribution in [0.4, 0.5) is 11.4 Å². The van der Waals surface area contributed by atoms with Crippen LogP contribution < -0.4 is 16.0 Å². The number of benzene rings is 2. The maximum Gasteiger partial charge on any atom is 0.326 e. The minimum absolute atomic E-state index is 0.197. The highest BCUT2D eigenvalue weighted by atomic mass is 16.5. The Morgan fingerprint density at radius 3 is 2.07 bits per heavy atom. The molecule has 0 fully saturated rings. The molecule has 0 heterocycles. The Balaban J connectivity index is 1.81. The number of anilines is 2. The topological polar surface area (TPSA) is 114 Å². The molecule has 0 radical (unpaired) electrons. The molecular weight excluding hydrogens is 386 g/mol. The Kier molecular flexibility index (Phi) is 7.69. The summed E-state index contributed by atoms with van der Waals surface area (Å²) in [5.74, 6) is -1.84. The monoisotopic (exact) mass is 411 g/mol. The molecular formula is C22H25N3O5. The van der Waals surface area contributed by atoms with Crippen molar-refractivity contribution in [2.45, 2.75) is 33.8 Å². The van der Waals surface area contributed by atoms with E-state index in [4.69, 9.17) is 4.74 Å². The molecule has 158 valence electrons. The van der Waals surface area contributed by atoms with Crippen molar-refractivity contribution < 1.29 is 23.9 Å². The minimum Gasteiger partial charge on any atom is -0.451 e. The maximum atomic E-state index is 12.2. The molecule has 0 spiro atoms. The number of esters is 1. The number of carbonyl (C=O) groups is 4. The molecule has 3 amide bonds. The summed E-state index contributed by atoms with van der Waals surface area (Å²) < 4.78 is 5.07. The normalized spacial score (nSPS) is 11.2. The van der Waals surface area contributed by atoms with E-state index in [9.17, 15) is 19.2 Å². The van der Waals surface area contributed by atoms with Crippen molar-refractivity contribution in [2.24, 2.45) is 0 Å². The van der Waals surface area contributed by atoms with Crippen molar-refractivity contribution in [3.05, 3.63) is 59.2 Å². The molecule has 8 nitrogen and oxygen atoms in total. The van der Waals surface area contributed by atoms with Crippen LogP contribution in [0, 0.1) is 13.8 Å². The lowest BCUT2D eigenvalue weighted by Gasteiger charge is -2.14. The van der Waals surface area contributed by atoms with Gasteiger partial charge in [0.25, 0.3) is 11.8 Å². The van der Waals surface area contributed by atoms with Gasteiger partial charge in [0.1, 0.15) is 6.54 Å². The van der Waals surface area contributed by atoms with Crippen LogP contribution in [0.1, 0.15) is 35.3 Å². The molecule has 8 heteroatoms. The fourth-order valence-electron chi connectivity index (χ4n) is 2.51. The fraction of sp³-hybridized carbons (Fsp3) is 0.273. The third-order valence-electron chi connectivity index (χ3n) is 4.31. The number of ether oxygens (including phenoxy) is 1. The average Bonchev–Trinajstić information content (AvgIpc) is 2.69. The van der Waals surface area contributed by atoms with E-state index in [0.29, 0.717) is 16.9 Å². The Labute approximate surface area is 175 Å². The summed E-state index contributed by atoms with van der Waals surface area (Å²) in [6.07, 6.45) is -1.05. The minimum atomic E-state index is -1.05. The lowest BCUT2D eigenvalue weighted by molar-refractivity contribution is -0.152.